The maximum Gasteiger partial charge on any atom is 0.276 e. The summed E-state index contributed by atoms with van der Waals surface area (Å²) in [6.07, 6.45) is 1.09. The number of imidazole rings is 1. The van der Waals surface area contributed by atoms with Gasteiger partial charge in [0.15, 0.2) is 33.5 Å². The molecule has 32 heavy (non-hydrogen) atoms. The highest BCUT2D eigenvalue weighted by Gasteiger charge is 2.24. The van der Waals surface area contributed by atoms with Crippen molar-refractivity contribution in [2.24, 2.45) is 7.05 Å². The summed E-state index contributed by atoms with van der Waals surface area (Å²) < 4.78 is 4.15. The number of hydrogen-bond donors (Lipinski definition) is 4. The first kappa shape index (κ1) is 23.3. The Morgan fingerprint density at radius 1 is 1.16 bits per heavy atom. The fourth-order valence-corrected chi connectivity index (χ4v) is 3.77. The summed E-state index contributed by atoms with van der Waals surface area (Å²) in [7, 11) is 1.94. The van der Waals surface area contributed by atoms with Crippen LogP contribution in [0.1, 0.15) is 42.1 Å². The number of nitrogen functional groups attached to an aromatic ring is 2. The zero-order chi connectivity index (χ0) is 23.4. The molecule has 0 bridgehead atoms. The zero-order valence-electron chi connectivity index (χ0n) is 18.4. The van der Waals surface area contributed by atoms with Crippen LogP contribution in [0.4, 0.5) is 11.6 Å². The van der Waals surface area contributed by atoms with Crippen LogP contribution in [0.5, 0.6) is 0 Å². The monoisotopic (exact) mass is 459 g/mol. The second-order valence-corrected chi connectivity index (χ2v) is 7.67. The quantitative estimate of drug-likeness (QED) is 0.371. The third-order valence-electron chi connectivity index (χ3n) is 5.25. The molecule has 0 aliphatic rings. The largest absolute Gasteiger partial charge is 0.382 e. The lowest BCUT2D eigenvalue weighted by Gasteiger charge is -2.07. The second kappa shape index (κ2) is 9.82. The second-order valence-electron chi connectivity index (χ2n) is 7.31. The molecule has 0 unspecified atom stereocenters. The molecule has 3 aromatic rings. The van der Waals surface area contributed by atoms with Gasteiger partial charge in [0.05, 0.1) is 13.6 Å². The van der Waals surface area contributed by atoms with Crippen LogP contribution in [-0.4, -0.2) is 32.9 Å². The summed E-state index contributed by atoms with van der Waals surface area (Å²) >= 11 is 5.88. The van der Waals surface area contributed by atoms with E-state index in [1.807, 2.05) is 37.6 Å². The summed E-state index contributed by atoms with van der Waals surface area (Å²) in [6.45, 7) is 5.52. The van der Waals surface area contributed by atoms with Crippen molar-refractivity contribution in [3.63, 3.8) is 0 Å². The predicted octanol–water partition coefficient (Wildman–Crippen LogP) is 1.09. The van der Waals surface area contributed by atoms with Crippen LogP contribution in [-0.2, 0) is 31.4 Å². The van der Waals surface area contributed by atoms with Crippen molar-refractivity contribution in [1.29, 1.82) is 0 Å². The minimum absolute atomic E-state index is 0.0267. The molecule has 0 saturated heterocycles. The summed E-state index contributed by atoms with van der Waals surface area (Å²) in [6, 6.07) is 6.15. The van der Waals surface area contributed by atoms with Gasteiger partial charge in [-0.2, -0.15) is 0 Å². The van der Waals surface area contributed by atoms with E-state index in [4.69, 9.17) is 23.1 Å². The summed E-state index contributed by atoms with van der Waals surface area (Å²) in [5.74, 6) is 0.331. The molecule has 0 radical (unpaired) electrons. The first-order chi connectivity index (χ1) is 15.3. The number of hydrogen-bond acceptors (Lipinski definition) is 6. The molecule has 0 atom stereocenters. The molecule has 11 heteroatoms. The Labute approximate surface area is 191 Å². The molecule has 0 spiro atoms. The summed E-state index contributed by atoms with van der Waals surface area (Å²) in [5.41, 5.74) is 14.4. The molecule has 2 amide bonds. The number of halogens is 1. The van der Waals surface area contributed by atoms with Gasteiger partial charge in [-0.25, -0.2) is 19.1 Å². The number of carbonyl (C=O) groups excluding carboxylic acids is 2. The highest BCUT2D eigenvalue weighted by atomic mass is 35.5. The third kappa shape index (κ3) is 4.75. The van der Waals surface area contributed by atoms with Crippen LogP contribution in [0, 0.1) is 0 Å². The summed E-state index contributed by atoms with van der Waals surface area (Å²) in [5, 5.41) is 5.58. The van der Waals surface area contributed by atoms with Crippen molar-refractivity contribution >= 4 is 46.1 Å². The van der Waals surface area contributed by atoms with E-state index in [-0.39, 0.29) is 34.9 Å². The molecule has 6 N–H and O–H groups in total. The van der Waals surface area contributed by atoms with E-state index in [2.05, 4.69) is 31.2 Å². The van der Waals surface area contributed by atoms with Crippen molar-refractivity contribution in [3.8, 4) is 0 Å². The molecule has 0 saturated carbocycles. The van der Waals surface area contributed by atoms with Gasteiger partial charge in [-0.05, 0) is 38.0 Å². The number of carbonyl (C=O) groups is 2. The van der Waals surface area contributed by atoms with Gasteiger partial charge < -0.3 is 22.1 Å². The van der Waals surface area contributed by atoms with Gasteiger partial charge in [-0.15, -0.1) is 0 Å². The topological polar surface area (TPSA) is 145 Å². The average molecular weight is 460 g/mol. The van der Waals surface area contributed by atoms with E-state index in [1.54, 1.807) is 0 Å². The van der Waals surface area contributed by atoms with Crippen molar-refractivity contribution in [2.75, 3.05) is 18.0 Å². The summed E-state index contributed by atoms with van der Waals surface area (Å²) in [4.78, 5) is 32.2. The van der Waals surface area contributed by atoms with Crippen molar-refractivity contribution in [2.45, 2.75) is 39.8 Å². The fraction of sp³-hybridized carbons (Fsp3) is 0.381. The lowest BCUT2D eigenvalue weighted by molar-refractivity contribution is -0.654. The molecule has 0 aliphatic heterocycles. The van der Waals surface area contributed by atoms with Gasteiger partial charge in [0.2, 0.25) is 5.91 Å². The van der Waals surface area contributed by atoms with Crippen molar-refractivity contribution in [3.05, 3.63) is 40.4 Å². The molecule has 10 nitrogen and oxygen atoms in total. The highest BCUT2D eigenvalue weighted by Crippen LogP contribution is 2.19. The van der Waals surface area contributed by atoms with Gasteiger partial charge in [0.1, 0.15) is 6.54 Å². The van der Waals surface area contributed by atoms with Crippen molar-refractivity contribution < 1.29 is 14.2 Å². The Morgan fingerprint density at radius 3 is 2.59 bits per heavy atom. The van der Waals surface area contributed by atoms with E-state index in [0.29, 0.717) is 25.9 Å². The van der Waals surface area contributed by atoms with Crippen molar-refractivity contribution in [1.82, 2.24) is 25.2 Å². The Morgan fingerprint density at radius 2 is 1.91 bits per heavy atom. The normalized spacial score (nSPS) is 11.0. The number of rotatable bonds is 8. The number of nitrogens with one attached hydrogen (secondary N) is 2. The first-order valence-corrected chi connectivity index (χ1v) is 10.8. The smallest absolute Gasteiger partial charge is 0.276 e. The number of nitrogens with zero attached hydrogens (tertiary/aromatic N) is 4. The van der Waals surface area contributed by atoms with Gasteiger partial charge in [0.25, 0.3) is 11.7 Å². The van der Waals surface area contributed by atoms with Crippen LogP contribution < -0.4 is 26.7 Å². The lowest BCUT2D eigenvalue weighted by atomic mass is 10.1. The Kier molecular flexibility index (Phi) is 7.14. The van der Waals surface area contributed by atoms with Crippen LogP contribution >= 0.6 is 11.6 Å². The number of aryl methyl sites for hydroxylation is 3. The molecular weight excluding hydrogens is 432 g/mol. The first-order valence-electron chi connectivity index (χ1n) is 10.4. The Bertz CT molecular complexity index is 1170. The van der Waals surface area contributed by atoms with Crippen LogP contribution in [0.2, 0.25) is 5.15 Å². The Hall–Kier alpha value is -3.40. The van der Waals surface area contributed by atoms with Gasteiger partial charge >= 0.3 is 0 Å². The Balaban J connectivity index is 1.83. The standard InChI is InChI=1S/C21H27ClN8O2/c1-4-25-15(31)9-7-12-6-8-13-14(10-12)30(5-2)16(29(13)3)11-26-21(32)17-19(23)28-20(24)18(22)27-17/h6,8,10H,4-5,7,9,11H2,1-3H3,(H5-,23,24,25,26,28,31,32)/p+1. The number of benzene rings is 1. The molecule has 3 rings (SSSR count). The van der Waals surface area contributed by atoms with E-state index < -0.39 is 5.91 Å². The number of anilines is 2. The molecule has 2 heterocycles. The minimum Gasteiger partial charge on any atom is -0.382 e. The van der Waals surface area contributed by atoms with Crippen LogP contribution in [0.15, 0.2) is 18.2 Å². The van der Waals surface area contributed by atoms with E-state index in [0.717, 1.165) is 22.4 Å². The van der Waals surface area contributed by atoms with E-state index in [1.165, 1.54) is 0 Å². The van der Waals surface area contributed by atoms with Gasteiger partial charge in [0, 0.05) is 13.0 Å². The molecular formula is C21H28ClN8O2+. The van der Waals surface area contributed by atoms with Gasteiger partial charge in [-0.1, -0.05) is 17.7 Å². The fourth-order valence-electron chi connectivity index (χ4n) is 3.65. The van der Waals surface area contributed by atoms with E-state index >= 15 is 0 Å². The maximum absolute atomic E-state index is 12.6. The van der Waals surface area contributed by atoms with E-state index in [9.17, 15) is 9.59 Å². The number of nitrogens with two attached hydrogens (primary N) is 2. The lowest BCUT2D eigenvalue weighted by Crippen LogP contribution is -2.38. The average Bonchev–Trinajstić information content (AvgIpc) is 3.03. The molecule has 170 valence electrons. The van der Waals surface area contributed by atoms with Crippen LogP contribution in [0.3, 0.4) is 0 Å². The zero-order valence-corrected chi connectivity index (χ0v) is 19.2. The third-order valence-corrected chi connectivity index (χ3v) is 5.53. The predicted molar refractivity (Wildman–Crippen MR) is 123 cm³/mol. The number of aromatic nitrogens is 4. The van der Waals surface area contributed by atoms with Crippen LogP contribution in [0.25, 0.3) is 11.0 Å². The number of fused-ring (bicyclic) bond motifs is 1. The maximum atomic E-state index is 12.6. The molecule has 1 aromatic carbocycles. The molecule has 0 aliphatic carbocycles. The minimum atomic E-state index is -0.493. The molecule has 2 aromatic heterocycles. The number of amides is 2. The molecule has 0 fully saturated rings. The van der Waals surface area contributed by atoms with Gasteiger partial charge in [-0.3, -0.25) is 9.59 Å². The highest BCUT2D eigenvalue weighted by molar-refractivity contribution is 6.31. The SMILES string of the molecule is CCNC(=O)CCc1ccc2c(c1)n(CC)c(CNC(=O)c1nc(Cl)c(N)nc1N)[n+]2C.